The Morgan fingerprint density at radius 3 is 1.10 bits per heavy atom. The number of hydrogen-bond acceptors (Lipinski definition) is 4. The molecule has 0 bridgehead atoms. The molecule has 0 fully saturated rings. The van der Waals surface area contributed by atoms with E-state index in [4.69, 9.17) is 0 Å². The van der Waals surface area contributed by atoms with Gasteiger partial charge in [0.1, 0.15) is 23.3 Å². The highest BCUT2D eigenvalue weighted by atomic mass is 19.1. The number of hydrogen-bond donors (Lipinski definition) is 0. The highest BCUT2D eigenvalue weighted by Gasteiger charge is 2.26. The predicted octanol–water partition coefficient (Wildman–Crippen LogP) is 15.2. The molecular weight excluding hydrogens is 781 g/mol. The first-order chi connectivity index (χ1) is 30.3. The normalized spacial score (nSPS) is 11.2. The third kappa shape index (κ3) is 6.39. The maximum Gasteiger partial charge on any atom is 0.150 e. The third-order valence-electron chi connectivity index (χ3n) is 11.3. The zero-order chi connectivity index (χ0) is 42.5. The Balaban J connectivity index is 1.23. The SMILES string of the molecule is N#Cc1ccc(N(c2cc(-c3ccccc3)c(F)cc2F)c2ccc3ccc4c(N(c5ccc(C#N)cc5)c5cc(-c6ccccc6)c(F)cc5F)ccc5ccc2c3c54)cc1. The third-order valence-corrected chi connectivity index (χ3v) is 11.3. The highest BCUT2D eigenvalue weighted by Crippen LogP contribution is 2.49. The van der Waals surface area contributed by atoms with Crippen molar-refractivity contribution in [1.29, 1.82) is 10.5 Å². The average molecular weight is 811 g/mol. The van der Waals surface area contributed by atoms with E-state index in [2.05, 4.69) is 12.1 Å². The molecule has 62 heavy (non-hydrogen) atoms. The summed E-state index contributed by atoms with van der Waals surface area (Å²) in [6, 6.07) is 56.1. The van der Waals surface area contributed by atoms with Crippen LogP contribution in [0.3, 0.4) is 0 Å². The first kappa shape index (κ1) is 37.8. The van der Waals surface area contributed by atoms with E-state index < -0.39 is 23.3 Å². The summed E-state index contributed by atoms with van der Waals surface area (Å²) in [4.78, 5) is 3.47. The molecule has 0 radical (unpaired) electrons. The Kier molecular flexibility index (Phi) is 9.32. The van der Waals surface area contributed by atoms with E-state index in [1.54, 1.807) is 107 Å². The molecule has 8 heteroatoms. The molecule has 10 aromatic carbocycles. The van der Waals surface area contributed by atoms with Crippen molar-refractivity contribution in [3.05, 3.63) is 216 Å². The summed E-state index contributed by atoms with van der Waals surface area (Å²) >= 11 is 0. The quantitative estimate of drug-likeness (QED) is 0.113. The lowest BCUT2D eigenvalue weighted by atomic mass is 9.91. The lowest BCUT2D eigenvalue weighted by molar-refractivity contribution is 0.586. The Morgan fingerprint density at radius 2 is 0.726 bits per heavy atom. The van der Waals surface area contributed by atoms with Gasteiger partial charge in [0.05, 0.1) is 46.0 Å². The average Bonchev–Trinajstić information content (AvgIpc) is 3.31. The molecule has 10 aromatic rings. The molecule has 0 saturated carbocycles. The van der Waals surface area contributed by atoms with Gasteiger partial charge in [0.2, 0.25) is 0 Å². The summed E-state index contributed by atoms with van der Waals surface area (Å²) in [5, 5.41) is 24.2. The van der Waals surface area contributed by atoms with Crippen molar-refractivity contribution in [2.24, 2.45) is 0 Å². The van der Waals surface area contributed by atoms with Gasteiger partial charge in [-0.1, -0.05) is 97.1 Å². The molecule has 0 unspecified atom stereocenters. The topological polar surface area (TPSA) is 54.1 Å². The number of rotatable bonds is 8. The number of nitrogens with zero attached hydrogens (tertiary/aromatic N) is 4. The minimum absolute atomic E-state index is 0.0960. The Morgan fingerprint density at radius 1 is 0.355 bits per heavy atom. The molecule has 10 rings (SSSR count). The minimum Gasteiger partial charge on any atom is -0.307 e. The Labute approximate surface area is 353 Å². The van der Waals surface area contributed by atoms with Gasteiger partial charge in [-0.05, 0) is 105 Å². The molecular formula is C54H30F4N4. The van der Waals surface area contributed by atoms with Crippen LogP contribution in [0.25, 0.3) is 54.6 Å². The summed E-state index contributed by atoms with van der Waals surface area (Å²) in [7, 11) is 0. The fourth-order valence-corrected chi connectivity index (χ4v) is 8.44. The van der Waals surface area contributed by atoms with Crippen molar-refractivity contribution in [1.82, 2.24) is 0 Å². The Hall–Kier alpha value is -8.46. The van der Waals surface area contributed by atoms with Crippen LogP contribution in [-0.2, 0) is 0 Å². The van der Waals surface area contributed by atoms with Crippen LogP contribution < -0.4 is 9.80 Å². The minimum atomic E-state index is -0.784. The zero-order valence-electron chi connectivity index (χ0n) is 32.6. The highest BCUT2D eigenvalue weighted by molar-refractivity contribution is 6.28. The van der Waals surface area contributed by atoms with Gasteiger partial charge in [-0.15, -0.1) is 0 Å². The fourth-order valence-electron chi connectivity index (χ4n) is 8.44. The zero-order valence-corrected chi connectivity index (χ0v) is 32.6. The van der Waals surface area contributed by atoms with Crippen molar-refractivity contribution in [2.45, 2.75) is 0 Å². The van der Waals surface area contributed by atoms with Gasteiger partial charge in [-0.25, -0.2) is 17.6 Å². The van der Waals surface area contributed by atoms with Gasteiger partial charge in [0, 0.05) is 45.4 Å². The number of anilines is 6. The molecule has 0 aliphatic carbocycles. The second-order valence-corrected chi connectivity index (χ2v) is 14.9. The molecule has 0 N–H and O–H groups in total. The van der Waals surface area contributed by atoms with Crippen molar-refractivity contribution < 1.29 is 17.6 Å². The van der Waals surface area contributed by atoms with E-state index in [0.717, 1.165) is 44.5 Å². The number of halogens is 4. The van der Waals surface area contributed by atoms with Gasteiger partial charge in [-0.3, -0.25) is 0 Å². The van der Waals surface area contributed by atoms with Gasteiger partial charge in [-0.2, -0.15) is 10.5 Å². The first-order valence-corrected chi connectivity index (χ1v) is 19.7. The van der Waals surface area contributed by atoms with Crippen LogP contribution in [0.4, 0.5) is 51.7 Å². The van der Waals surface area contributed by atoms with Gasteiger partial charge in [0.15, 0.2) is 0 Å². The van der Waals surface area contributed by atoms with Crippen molar-refractivity contribution in [3.8, 4) is 34.4 Å². The fraction of sp³-hybridized carbons (Fsp3) is 0. The van der Waals surface area contributed by atoms with Crippen molar-refractivity contribution in [2.75, 3.05) is 9.80 Å². The van der Waals surface area contributed by atoms with Crippen LogP contribution in [0.1, 0.15) is 11.1 Å². The van der Waals surface area contributed by atoms with E-state index >= 15 is 17.6 Å². The van der Waals surface area contributed by atoms with Crippen LogP contribution >= 0.6 is 0 Å². The number of nitriles is 2. The van der Waals surface area contributed by atoms with Crippen molar-refractivity contribution in [3.63, 3.8) is 0 Å². The van der Waals surface area contributed by atoms with Crippen LogP contribution in [0.15, 0.2) is 182 Å². The lowest BCUT2D eigenvalue weighted by Crippen LogP contribution is -2.14. The summed E-state index contributed by atoms with van der Waals surface area (Å²) in [5.41, 5.74) is 4.88. The summed E-state index contributed by atoms with van der Waals surface area (Å²) in [6.45, 7) is 0. The second-order valence-electron chi connectivity index (χ2n) is 14.9. The van der Waals surface area contributed by atoms with Gasteiger partial charge < -0.3 is 9.80 Å². The van der Waals surface area contributed by atoms with E-state index in [-0.39, 0.29) is 22.5 Å². The molecule has 4 nitrogen and oxygen atoms in total. The summed E-state index contributed by atoms with van der Waals surface area (Å²) in [5.74, 6) is -2.98. The molecule has 0 aliphatic heterocycles. The van der Waals surface area contributed by atoms with E-state index in [9.17, 15) is 10.5 Å². The summed E-state index contributed by atoms with van der Waals surface area (Å²) in [6.07, 6.45) is 0. The molecule has 0 aliphatic rings. The standard InChI is InChI=1S/C54H30F4N4/c55-45-29-47(57)51(27-43(45)35-7-3-1-4-8-35)61(39-19-11-33(31-59)12-20-39)49-25-17-37-16-24-42-50(26-18-38-15-23-41(49)53(37)54(38)42)62(40-21-13-34(32-60)14-22-40)52-28-44(46(56)30-48(52)58)36-9-5-2-6-10-36/h1-30H. The molecule has 0 saturated heterocycles. The molecule has 0 amide bonds. The predicted molar refractivity (Wildman–Crippen MR) is 240 cm³/mol. The first-order valence-electron chi connectivity index (χ1n) is 19.7. The maximum absolute atomic E-state index is 16.4. The maximum atomic E-state index is 16.4. The second kappa shape index (κ2) is 15.3. The van der Waals surface area contributed by atoms with Gasteiger partial charge in [0.25, 0.3) is 0 Å². The van der Waals surface area contributed by atoms with Gasteiger partial charge >= 0.3 is 0 Å². The smallest absolute Gasteiger partial charge is 0.150 e. The van der Waals surface area contributed by atoms with E-state index in [0.29, 0.717) is 45.0 Å². The molecule has 0 atom stereocenters. The van der Waals surface area contributed by atoms with Crippen LogP contribution in [-0.4, -0.2) is 0 Å². The molecule has 0 spiro atoms. The summed E-state index contributed by atoms with van der Waals surface area (Å²) < 4.78 is 64.0. The van der Waals surface area contributed by atoms with E-state index in [1.165, 1.54) is 12.1 Å². The van der Waals surface area contributed by atoms with Crippen LogP contribution in [0.2, 0.25) is 0 Å². The van der Waals surface area contributed by atoms with E-state index in [1.807, 2.05) is 60.7 Å². The largest absolute Gasteiger partial charge is 0.307 e. The van der Waals surface area contributed by atoms with Crippen LogP contribution in [0.5, 0.6) is 0 Å². The molecule has 294 valence electrons. The molecule has 0 aromatic heterocycles. The number of benzene rings is 10. The molecule has 0 heterocycles. The Bertz CT molecular complexity index is 3180. The van der Waals surface area contributed by atoms with Crippen LogP contribution in [0, 0.1) is 45.9 Å². The van der Waals surface area contributed by atoms with Crippen molar-refractivity contribution >= 4 is 66.4 Å². The lowest BCUT2D eigenvalue weighted by Gasteiger charge is -2.30. The monoisotopic (exact) mass is 810 g/mol.